The number of alkyl halides is 3. The van der Waals surface area contributed by atoms with Gasteiger partial charge in [-0.1, -0.05) is 56.0 Å². The number of nitrogens with zero attached hydrogens (tertiary/aromatic N) is 4. The van der Waals surface area contributed by atoms with E-state index in [4.69, 9.17) is 9.84 Å². The minimum atomic E-state index is -4.61. The topological polar surface area (TPSA) is 109 Å². The van der Waals surface area contributed by atoms with E-state index in [2.05, 4.69) is 17.2 Å². The average molecular weight is 723 g/mol. The SMILES string of the molecule is C=C(CN(C)C1COC1)C(=O)NCc1nn(-c2ccccc2)c(N(CC)C(=O)CNC(=O)c2cccc(C(F)(F)F)c2)c1CC.Fc1ccccc1. The first-order valence-corrected chi connectivity index (χ1v) is 16.7. The summed E-state index contributed by atoms with van der Waals surface area (Å²) in [5, 5.41) is 10.1. The second-order valence-electron chi connectivity index (χ2n) is 11.9. The smallest absolute Gasteiger partial charge is 0.378 e. The Morgan fingerprint density at radius 1 is 0.962 bits per heavy atom. The molecule has 0 aliphatic carbocycles. The summed E-state index contributed by atoms with van der Waals surface area (Å²) in [5.74, 6) is -1.33. The molecular weight excluding hydrogens is 680 g/mol. The van der Waals surface area contributed by atoms with E-state index in [1.165, 1.54) is 23.1 Å². The molecule has 52 heavy (non-hydrogen) atoms. The van der Waals surface area contributed by atoms with E-state index in [0.29, 0.717) is 54.5 Å². The van der Waals surface area contributed by atoms with Gasteiger partial charge in [-0.2, -0.15) is 18.3 Å². The minimum absolute atomic E-state index is 0.0855. The van der Waals surface area contributed by atoms with E-state index in [1.807, 2.05) is 49.2 Å². The molecule has 1 aliphatic heterocycles. The number of nitrogens with one attached hydrogen (secondary N) is 2. The maximum absolute atomic E-state index is 13.5. The van der Waals surface area contributed by atoms with Gasteiger partial charge < -0.3 is 15.4 Å². The van der Waals surface area contributed by atoms with Gasteiger partial charge in [0.05, 0.1) is 49.3 Å². The Hall–Kier alpha value is -5.34. The van der Waals surface area contributed by atoms with Gasteiger partial charge in [-0.3, -0.25) is 24.2 Å². The van der Waals surface area contributed by atoms with Gasteiger partial charge in [0.2, 0.25) is 11.8 Å². The maximum atomic E-state index is 13.5. The van der Waals surface area contributed by atoms with Crippen LogP contribution in [0.1, 0.15) is 41.0 Å². The van der Waals surface area contributed by atoms with Crippen LogP contribution in [0.2, 0.25) is 0 Å². The number of amides is 3. The summed E-state index contributed by atoms with van der Waals surface area (Å²) in [7, 11) is 1.91. The van der Waals surface area contributed by atoms with Crippen LogP contribution in [0.25, 0.3) is 5.69 Å². The molecule has 276 valence electrons. The Labute approximate surface area is 300 Å². The summed E-state index contributed by atoms with van der Waals surface area (Å²) in [4.78, 5) is 42.6. The number of ether oxygens (including phenoxy) is 1. The third kappa shape index (κ3) is 10.4. The fourth-order valence-electron chi connectivity index (χ4n) is 5.33. The van der Waals surface area contributed by atoms with E-state index in [9.17, 15) is 31.9 Å². The van der Waals surface area contributed by atoms with Crippen LogP contribution >= 0.6 is 0 Å². The quantitative estimate of drug-likeness (QED) is 0.138. The predicted octanol–water partition coefficient (Wildman–Crippen LogP) is 5.57. The van der Waals surface area contributed by atoms with Crippen molar-refractivity contribution in [3.63, 3.8) is 0 Å². The molecule has 0 saturated carbocycles. The van der Waals surface area contributed by atoms with Crippen LogP contribution in [-0.2, 0) is 33.5 Å². The van der Waals surface area contributed by atoms with Crippen LogP contribution in [-0.4, -0.2) is 78.3 Å². The van der Waals surface area contributed by atoms with Crippen molar-refractivity contribution in [3.8, 4) is 5.69 Å². The predicted molar refractivity (Wildman–Crippen MR) is 189 cm³/mol. The zero-order valence-electron chi connectivity index (χ0n) is 29.3. The second-order valence-corrected chi connectivity index (χ2v) is 11.9. The Balaban J connectivity index is 0.000000771. The molecule has 0 radical (unpaired) electrons. The summed E-state index contributed by atoms with van der Waals surface area (Å²) in [6.45, 7) is 9.06. The molecule has 3 aromatic carbocycles. The molecule has 0 spiro atoms. The van der Waals surface area contributed by atoms with Gasteiger partial charge in [0.25, 0.3) is 5.91 Å². The van der Waals surface area contributed by atoms with E-state index in [1.54, 1.807) is 29.8 Å². The zero-order valence-corrected chi connectivity index (χ0v) is 29.3. The lowest BCUT2D eigenvalue weighted by Crippen LogP contribution is -2.48. The molecule has 10 nitrogen and oxygen atoms in total. The van der Waals surface area contributed by atoms with Crippen molar-refractivity contribution in [2.24, 2.45) is 0 Å². The lowest BCUT2D eigenvalue weighted by atomic mass is 10.1. The van der Waals surface area contributed by atoms with Crippen molar-refractivity contribution in [2.45, 2.75) is 39.0 Å². The van der Waals surface area contributed by atoms with Crippen molar-refractivity contribution in [2.75, 3.05) is 44.8 Å². The summed E-state index contributed by atoms with van der Waals surface area (Å²) in [5.41, 5.74) is 1.17. The number of para-hydroxylation sites is 1. The summed E-state index contributed by atoms with van der Waals surface area (Å²) < 4.78 is 58.1. The van der Waals surface area contributed by atoms with Crippen LogP contribution in [0, 0.1) is 5.82 Å². The number of hydrogen-bond donors (Lipinski definition) is 2. The number of benzene rings is 3. The number of hydrogen-bond acceptors (Lipinski definition) is 6. The van der Waals surface area contributed by atoms with Crippen LogP contribution in [0.15, 0.2) is 97.1 Å². The summed E-state index contributed by atoms with van der Waals surface area (Å²) >= 11 is 0. The molecule has 1 fully saturated rings. The van der Waals surface area contributed by atoms with Crippen molar-refractivity contribution in [3.05, 3.63) is 125 Å². The summed E-state index contributed by atoms with van der Waals surface area (Å²) in [6, 6.07) is 21.3. The molecule has 2 N–H and O–H groups in total. The van der Waals surface area contributed by atoms with Crippen molar-refractivity contribution in [1.29, 1.82) is 0 Å². The van der Waals surface area contributed by atoms with Gasteiger partial charge in [0, 0.05) is 29.8 Å². The normalized spacial score (nSPS) is 12.7. The molecule has 0 unspecified atom stereocenters. The highest BCUT2D eigenvalue weighted by molar-refractivity contribution is 6.00. The van der Waals surface area contributed by atoms with E-state index < -0.39 is 30.1 Å². The van der Waals surface area contributed by atoms with Gasteiger partial charge in [0.15, 0.2) is 0 Å². The maximum Gasteiger partial charge on any atom is 0.416 e. The Morgan fingerprint density at radius 2 is 1.62 bits per heavy atom. The Bertz CT molecular complexity index is 1830. The lowest BCUT2D eigenvalue weighted by Gasteiger charge is -2.34. The van der Waals surface area contributed by atoms with Gasteiger partial charge in [-0.05, 0) is 62.9 Å². The fourth-order valence-corrected chi connectivity index (χ4v) is 5.33. The van der Waals surface area contributed by atoms with Gasteiger partial charge in [-0.15, -0.1) is 0 Å². The molecular formula is C38H42F4N6O4. The number of carbonyl (C=O) groups excluding carboxylic acids is 3. The van der Waals surface area contributed by atoms with E-state index >= 15 is 0 Å². The molecule has 3 amide bonds. The first kappa shape index (κ1) is 39.4. The first-order chi connectivity index (χ1) is 24.8. The highest BCUT2D eigenvalue weighted by Crippen LogP contribution is 2.30. The van der Waals surface area contributed by atoms with Gasteiger partial charge >= 0.3 is 6.18 Å². The number of likely N-dealkylation sites (N-methyl/N-ethyl adjacent to an activating group) is 2. The molecule has 1 saturated heterocycles. The minimum Gasteiger partial charge on any atom is -0.378 e. The largest absolute Gasteiger partial charge is 0.416 e. The van der Waals surface area contributed by atoms with Gasteiger partial charge in [0.1, 0.15) is 11.6 Å². The molecule has 5 rings (SSSR count). The van der Waals surface area contributed by atoms with Crippen molar-refractivity contribution < 1.29 is 36.7 Å². The summed E-state index contributed by atoms with van der Waals surface area (Å²) in [6.07, 6.45) is -4.14. The number of carbonyl (C=O) groups is 3. The zero-order chi connectivity index (χ0) is 37.8. The molecule has 0 bridgehead atoms. The van der Waals surface area contributed by atoms with E-state index in [-0.39, 0.29) is 36.4 Å². The first-order valence-electron chi connectivity index (χ1n) is 16.7. The number of anilines is 1. The monoisotopic (exact) mass is 722 g/mol. The van der Waals surface area contributed by atoms with Gasteiger partial charge in [-0.25, -0.2) is 9.07 Å². The van der Waals surface area contributed by atoms with Crippen LogP contribution < -0.4 is 15.5 Å². The van der Waals surface area contributed by atoms with Crippen LogP contribution in [0.3, 0.4) is 0 Å². The number of rotatable bonds is 13. The third-order valence-electron chi connectivity index (χ3n) is 8.27. The fraction of sp³-hybridized carbons (Fsp3) is 0.316. The molecule has 0 atom stereocenters. The second kappa shape index (κ2) is 18.2. The third-order valence-corrected chi connectivity index (χ3v) is 8.27. The molecule has 14 heteroatoms. The van der Waals surface area contributed by atoms with Crippen molar-refractivity contribution >= 4 is 23.5 Å². The number of aromatic nitrogens is 2. The average Bonchev–Trinajstić information content (AvgIpc) is 3.47. The highest BCUT2D eigenvalue weighted by Gasteiger charge is 2.31. The number of halogens is 4. The highest BCUT2D eigenvalue weighted by atomic mass is 19.4. The molecule has 1 aliphatic rings. The molecule has 4 aromatic rings. The lowest BCUT2D eigenvalue weighted by molar-refractivity contribution is -0.137. The van der Waals surface area contributed by atoms with E-state index in [0.717, 1.165) is 18.2 Å². The Morgan fingerprint density at radius 3 is 2.15 bits per heavy atom. The Kier molecular flexibility index (Phi) is 13.8. The molecule has 1 aromatic heterocycles. The van der Waals surface area contributed by atoms with Crippen LogP contribution in [0.4, 0.5) is 23.4 Å². The standard InChI is InChI=1S/C32H37F3N6O4.C6H5F/c1-5-26-27(16-36-29(43)21(3)18-39(4)25-19-45-20-25)38-41(24-13-8-7-9-14-24)31(26)40(6-2)28(42)17-37-30(44)22-11-10-12-23(15-22)32(33,34)35;7-6-4-2-1-3-5-6/h7-15,25H,3,5-6,16-20H2,1-2,4H3,(H,36,43)(H,37,44);1-5H. The molecule has 2 heterocycles. The van der Waals surface area contributed by atoms with Crippen LogP contribution in [0.5, 0.6) is 0 Å². The van der Waals surface area contributed by atoms with Crippen molar-refractivity contribution in [1.82, 2.24) is 25.3 Å².